The van der Waals surface area contributed by atoms with Crippen LogP contribution in [0.5, 0.6) is 0 Å². The summed E-state index contributed by atoms with van der Waals surface area (Å²) in [5, 5.41) is 14.4. The fraction of sp³-hybridized carbons (Fsp3) is 0.188. The molecule has 0 aliphatic heterocycles. The van der Waals surface area contributed by atoms with Crippen molar-refractivity contribution < 1.29 is 9.90 Å². The first-order chi connectivity index (χ1) is 9.78. The molecule has 0 aliphatic rings. The van der Waals surface area contributed by atoms with Crippen LogP contribution < -0.4 is 10.6 Å². The Labute approximate surface area is 118 Å². The average molecular weight is 270 g/mol. The largest absolute Gasteiger partial charge is 0.396 e. The maximum Gasteiger partial charge on any atom is 0.319 e. The van der Waals surface area contributed by atoms with Crippen molar-refractivity contribution in [1.29, 1.82) is 0 Å². The molecule has 0 atom stereocenters. The molecule has 104 valence electrons. The number of nitrogens with one attached hydrogen (secondary N) is 2. The second-order valence-electron chi connectivity index (χ2n) is 4.46. The number of hydrogen-bond donors (Lipinski definition) is 3. The average Bonchev–Trinajstić information content (AvgIpc) is 2.48. The normalized spacial score (nSPS) is 10.1. The molecule has 0 heterocycles. The molecule has 2 aromatic rings. The molecule has 3 N–H and O–H groups in total. The summed E-state index contributed by atoms with van der Waals surface area (Å²) < 4.78 is 0. The molecule has 0 spiro atoms. The summed E-state index contributed by atoms with van der Waals surface area (Å²) in [4.78, 5) is 11.7. The van der Waals surface area contributed by atoms with E-state index in [2.05, 4.69) is 10.6 Å². The Kier molecular flexibility index (Phi) is 5.15. The van der Waals surface area contributed by atoms with E-state index in [0.29, 0.717) is 13.0 Å². The number of aliphatic hydroxyl groups is 1. The first-order valence-electron chi connectivity index (χ1n) is 6.56. The zero-order valence-corrected chi connectivity index (χ0v) is 11.2. The highest BCUT2D eigenvalue weighted by atomic mass is 16.3. The van der Waals surface area contributed by atoms with Crippen LogP contribution in [0.15, 0.2) is 54.6 Å². The lowest BCUT2D eigenvalue weighted by molar-refractivity contribution is 0.251. The van der Waals surface area contributed by atoms with Crippen LogP contribution in [0.4, 0.5) is 10.5 Å². The molecule has 0 saturated heterocycles. The molecule has 4 nitrogen and oxygen atoms in total. The minimum atomic E-state index is -0.226. The van der Waals surface area contributed by atoms with Crippen molar-refractivity contribution in [2.45, 2.75) is 13.0 Å². The number of anilines is 1. The molecule has 0 bridgehead atoms. The molecule has 0 fully saturated rings. The van der Waals surface area contributed by atoms with Crippen LogP contribution in [0.1, 0.15) is 11.1 Å². The smallest absolute Gasteiger partial charge is 0.319 e. The van der Waals surface area contributed by atoms with Gasteiger partial charge in [-0.2, -0.15) is 0 Å². The third kappa shape index (κ3) is 4.40. The van der Waals surface area contributed by atoms with Gasteiger partial charge in [0.05, 0.1) is 0 Å². The van der Waals surface area contributed by atoms with E-state index in [1.165, 1.54) is 0 Å². The third-order valence-corrected chi connectivity index (χ3v) is 2.91. The Morgan fingerprint density at radius 2 is 1.60 bits per heavy atom. The summed E-state index contributed by atoms with van der Waals surface area (Å²) in [5.74, 6) is 0. The lowest BCUT2D eigenvalue weighted by atomic mass is 10.1. The van der Waals surface area contributed by atoms with E-state index in [1.54, 1.807) is 0 Å². The molecule has 0 radical (unpaired) electrons. The second kappa shape index (κ2) is 7.31. The SMILES string of the molecule is O=C(NCc1ccc(CCO)cc1)Nc1ccccc1. The molecular weight excluding hydrogens is 252 g/mol. The van der Waals surface area contributed by atoms with Crippen molar-refractivity contribution in [2.24, 2.45) is 0 Å². The Hall–Kier alpha value is -2.33. The topological polar surface area (TPSA) is 61.4 Å². The van der Waals surface area contributed by atoms with Crippen molar-refractivity contribution in [1.82, 2.24) is 5.32 Å². The Balaban J connectivity index is 1.81. The monoisotopic (exact) mass is 270 g/mol. The van der Waals surface area contributed by atoms with E-state index in [0.717, 1.165) is 16.8 Å². The lowest BCUT2D eigenvalue weighted by Gasteiger charge is -2.08. The maximum atomic E-state index is 11.7. The van der Waals surface area contributed by atoms with E-state index >= 15 is 0 Å². The summed E-state index contributed by atoms with van der Waals surface area (Å²) in [6, 6.07) is 16.9. The van der Waals surface area contributed by atoms with E-state index in [9.17, 15) is 4.79 Å². The van der Waals surface area contributed by atoms with Crippen LogP contribution in [-0.2, 0) is 13.0 Å². The standard InChI is InChI=1S/C16H18N2O2/c19-11-10-13-6-8-14(9-7-13)12-17-16(20)18-15-4-2-1-3-5-15/h1-9,19H,10-12H2,(H2,17,18,20). The van der Waals surface area contributed by atoms with Crippen LogP contribution >= 0.6 is 0 Å². The molecule has 0 aromatic heterocycles. The van der Waals surface area contributed by atoms with E-state index < -0.39 is 0 Å². The van der Waals surface area contributed by atoms with Crippen molar-refractivity contribution >= 4 is 11.7 Å². The van der Waals surface area contributed by atoms with Crippen molar-refractivity contribution in [2.75, 3.05) is 11.9 Å². The van der Waals surface area contributed by atoms with Gasteiger partial charge >= 0.3 is 6.03 Å². The third-order valence-electron chi connectivity index (χ3n) is 2.91. The number of aliphatic hydroxyl groups excluding tert-OH is 1. The van der Waals surface area contributed by atoms with E-state index in [-0.39, 0.29) is 12.6 Å². The van der Waals surface area contributed by atoms with Gasteiger partial charge in [-0.15, -0.1) is 0 Å². The predicted molar refractivity (Wildman–Crippen MR) is 79.5 cm³/mol. The number of benzene rings is 2. The van der Waals surface area contributed by atoms with Gasteiger partial charge < -0.3 is 15.7 Å². The number of hydrogen-bond acceptors (Lipinski definition) is 2. The Morgan fingerprint density at radius 3 is 2.25 bits per heavy atom. The number of rotatable bonds is 5. The Morgan fingerprint density at radius 1 is 0.950 bits per heavy atom. The van der Waals surface area contributed by atoms with E-state index in [1.807, 2.05) is 54.6 Å². The van der Waals surface area contributed by atoms with Crippen molar-refractivity contribution in [3.05, 3.63) is 65.7 Å². The summed E-state index contributed by atoms with van der Waals surface area (Å²) in [6.45, 7) is 0.620. The van der Waals surface area contributed by atoms with Gasteiger partial charge in [-0.05, 0) is 29.7 Å². The van der Waals surface area contributed by atoms with Gasteiger partial charge in [-0.25, -0.2) is 4.79 Å². The van der Waals surface area contributed by atoms with Crippen LogP contribution in [0, 0.1) is 0 Å². The first-order valence-corrected chi connectivity index (χ1v) is 6.56. The molecule has 0 unspecified atom stereocenters. The van der Waals surface area contributed by atoms with Gasteiger partial charge in [-0.1, -0.05) is 42.5 Å². The molecule has 0 aliphatic carbocycles. The molecule has 2 rings (SSSR count). The summed E-state index contributed by atoms with van der Waals surface area (Å²) in [5.41, 5.74) is 2.88. The van der Waals surface area contributed by atoms with Crippen LogP contribution in [0.2, 0.25) is 0 Å². The molecular formula is C16H18N2O2. The van der Waals surface area contributed by atoms with Gasteiger partial charge in [0.2, 0.25) is 0 Å². The van der Waals surface area contributed by atoms with Gasteiger partial charge in [0, 0.05) is 18.8 Å². The molecule has 20 heavy (non-hydrogen) atoms. The first kappa shape index (κ1) is 14.1. The van der Waals surface area contributed by atoms with E-state index in [4.69, 9.17) is 5.11 Å². The zero-order chi connectivity index (χ0) is 14.2. The lowest BCUT2D eigenvalue weighted by Crippen LogP contribution is -2.28. The highest BCUT2D eigenvalue weighted by Gasteiger charge is 2.01. The van der Waals surface area contributed by atoms with Gasteiger partial charge in [0.15, 0.2) is 0 Å². The number of amides is 2. The highest BCUT2D eigenvalue weighted by molar-refractivity contribution is 5.89. The van der Waals surface area contributed by atoms with Crippen LogP contribution in [-0.4, -0.2) is 17.7 Å². The van der Waals surface area contributed by atoms with Crippen molar-refractivity contribution in [3.8, 4) is 0 Å². The number of para-hydroxylation sites is 1. The summed E-state index contributed by atoms with van der Waals surface area (Å²) >= 11 is 0. The second-order valence-corrected chi connectivity index (χ2v) is 4.46. The van der Waals surface area contributed by atoms with Crippen LogP contribution in [0.3, 0.4) is 0 Å². The molecule has 0 saturated carbocycles. The minimum absolute atomic E-state index is 0.150. The van der Waals surface area contributed by atoms with Crippen molar-refractivity contribution in [3.63, 3.8) is 0 Å². The van der Waals surface area contributed by atoms with Gasteiger partial charge in [-0.3, -0.25) is 0 Å². The summed E-state index contributed by atoms with van der Waals surface area (Å²) in [6.07, 6.45) is 0.655. The Bertz CT molecular complexity index is 538. The zero-order valence-electron chi connectivity index (χ0n) is 11.2. The summed E-state index contributed by atoms with van der Waals surface area (Å²) in [7, 11) is 0. The highest BCUT2D eigenvalue weighted by Crippen LogP contribution is 2.06. The predicted octanol–water partition coefficient (Wildman–Crippen LogP) is 2.54. The fourth-order valence-electron chi connectivity index (χ4n) is 1.83. The van der Waals surface area contributed by atoms with Gasteiger partial charge in [0.1, 0.15) is 0 Å². The number of carbonyl (C=O) groups is 1. The molecule has 2 aromatic carbocycles. The molecule has 4 heteroatoms. The fourth-order valence-corrected chi connectivity index (χ4v) is 1.83. The van der Waals surface area contributed by atoms with Crippen LogP contribution in [0.25, 0.3) is 0 Å². The number of urea groups is 1. The van der Waals surface area contributed by atoms with Gasteiger partial charge in [0.25, 0.3) is 0 Å². The minimum Gasteiger partial charge on any atom is -0.396 e. The molecule has 2 amide bonds. The number of carbonyl (C=O) groups excluding carboxylic acids is 1. The maximum absolute atomic E-state index is 11.7. The quantitative estimate of drug-likeness (QED) is 0.782.